The lowest BCUT2D eigenvalue weighted by atomic mass is 10.1. The van der Waals surface area contributed by atoms with E-state index in [9.17, 15) is 15.0 Å². The van der Waals surface area contributed by atoms with Crippen molar-refractivity contribution in [3.05, 3.63) is 29.8 Å². The number of nitrogens with zero attached hydrogens (tertiary/aromatic N) is 1. The van der Waals surface area contributed by atoms with Gasteiger partial charge in [-0.15, -0.1) is 0 Å². The average Bonchev–Trinajstić information content (AvgIpc) is 3.06. The monoisotopic (exact) mass is 319 g/mol. The molecule has 1 fully saturated rings. The molecule has 3 rings (SSSR count). The van der Waals surface area contributed by atoms with E-state index in [1.54, 1.807) is 23.1 Å². The summed E-state index contributed by atoms with van der Waals surface area (Å²) in [4.78, 5) is 13.8. The normalized spacial score (nSPS) is 19.8. The Kier molecular flexibility index (Phi) is 4.83. The molecule has 2 aliphatic rings. The largest absolute Gasteiger partial charge is 0.454 e. The van der Waals surface area contributed by atoms with E-state index in [2.05, 4.69) is 0 Å². The molecule has 0 radical (unpaired) electrons. The molecule has 1 aromatic rings. The second-order valence-corrected chi connectivity index (χ2v) is 5.79. The van der Waals surface area contributed by atoms with Gasteiger partial charge in [-0.3, -0.25) is 4.79 Å². The summed E-state index contributed by atoms with van der Waals surface area (Å²) in [6.45, 7) is 1.50. The summed E-state index contributed by atoms with van der Waals surface area (Å²) in [6.07, 6.45) is 3.40. The highest BCUT2D eigenvalue weighted by atomic mass is 16.7. The average molecular weight is 319 g/mol. The fraction of sp³-hybridized carbons (Fsp3) is 0.471. The van der Waals surface area contributed by atoms with Gasteiger partial charge in [-0.1, -0.05) is 18.2 Å². The molecule has 2 aliphatic heterocycles. The van der Waals surface area contributed by atoms with Crippen molar-refractivity contribution in [1.29, 1.82) is 0 Å². The van der Waals surface area contributed by atoms with Crippen LogP contribution in [0.3, 0.4) is 0 Å². The zero-order valence-corrected chi connectivity index (χ0v) is 12.9. The summed E-state index contributed by atoms with van der Waals surface area (Å²) in [5.74, 6) is 0.919. The Bertz CT molecular complexity index is 595. The number of aliphatic hydroxyl groups is 2. The molecule has 0 aliphatic carbocycles. The number of fused-ring (bicyclic) bond motifs is 1. The van der Waals surface area contributed by atoms with Crippen LogP contribution in [0, 0.1) is 0 Å². The highest BCUT2D eigenvalue weighted by molar-refractivity contribution is 5.81. The van der Waals surface area contributed by atoms with Gasteiger partial charge in [0.1, 0.15) is 6.10 Å². The van der Waals surface area contributed by atoms with Gasteiger partial charge in [-0.2, -0.15) is 0 Å². The Morgan fingerprint density at radius 3 is 2.65 bits per heavy atom. The number of hydrogen-bond acceptors (Lipinski definition) is 5. The van der Waals surface area contributed by atoms with E-state index in [0.29, 0.717) is 24.6 Å². The smallest absolute Gasteiger partial charge is 0.254 e. The number of rotatable bonds is 4. The molecule has 2 atom stereocenters. The minimum atomic E-state index is -1.43. The topological polar surface area (TPSA) is 79.2 Å². The quantitative estimate of drug-likeness (QED) is 0.871. The van der Waals surface area contributed by atoms with Crippen molar-refractivity contribution >= 4 is 12.0 Å². The van der Waals surface area contributed by atoms with Crippen LogP contribution in [0.25, 0.3) is 6.08 Å². The lowest BCUT2D eigenvalue weighted by Gasteiger charge is -2.29. The first-order valence-electron chi connectivity index (χ1n) is 7.88. The van der Waals surface area contributed by atoms with Gasteiger partial charge in [0.25, 0.3) is 5.91 Å². The van der Waals surface area contributed by atoms with Crippen molar-refractivity contribution in [2.24, 2.45) is 0 Å². The number of amides is 1. The predicted molar refractivity (Wildman–Crippen MR) is 84.0 cm³/mol. The van der Waals surface area contributed by atoms with Gasteiger partial charge in [0.2, 0.25) is 6.79 Å². The molecule has 6 heteroatoms. The van der Waals surface area contributed by atoms with Crippen LogP contribution in [-0.4, -0.2) is 53.1 Å². The first-order valence-corrected chi connectivity index (χ1v) is 7.88. The Labute approximate surface area is 134 Å². The zero-order valence-electron chi connectivity index (χ0n) is 12.9. The number of carbonyl (C=O) groups is 1. The van der Waals surface area contributed by atoms with Crippen molar-refractivity contribution < 1.29 is 24.5 Å². The molecule has 2 unspecified atom stereocenters. The summed E-state index contributed by atoms with van der Waals surface area (Å²) < 4.78 is 10.5. The molecule has 124 valence electrons. The van der Waals surface area contributed by atoms with Crippen molar-refractivity contribution in [2.45, 2.75) is 31.5 Å². The van der Waals surface area contributed by atoms with Crippen LogP contribution in [-0.2, 0) is 4.79 Å². The predicted octanol–water partition coefficient (Wildman–Crippen LogP) is 1.16. The molecule has 23 heavy (non-hydrogen) atoms. The van der Waals surface area contributed by atoms with Crippen molar-refractivity contribution in [2.75, 3.05) is 19.9 Å². The van der Waals surface area contributed by atoms with Gasteiger partial charge in [0.15, 0.2) is 17.6 Å². The molecule has 2 N–H and O–H groups in total. The maximum Gasteiger partial charge on any atom is 0.254 e. The molecule has 0 aromatic heterocycles. The second kappa shape index (κ2) is 7.02. The molecule has 1 amide bonds. The second-order valence-electron chi connectivity index (χ2n) is 5.79. The van der Waals surface area contributed by atoms with Crippen molar-refractivity contribution in [3.63, 3.8) is 0 Å². The van der Waals surface area contributed by atoms with Gasteiger partial charge in [-0.25, -0.2) is 0 Å². The summed E-state index contributed by atoms with van der Waals surface area (Å²) >= 11 is 0. The SMILES string of the molecule is O=C(C(O)C(O)/C=C/c1ccc2c(c1)OCO2)N1CCCCC1. The van der Waals surface area contributed by atoms with Gasteiger partial charge < -0.3 is 24.6 Å². The van der Waals surface area contributed by atoms with E-state index in [0.717, 1.165) is 24.8 Å². The fourth-order valence-electron chi connectivity index (χ4n) is 2.78. The number of likely N-dealkylation sites (tertiary alicyclic amines) is 1. The van der Waals surface area contributed by atoms with Crippen LogP contribution in [0.4, 0.5) is 0 Å². The van der Waals surface area contributed by atoms with E-state index >= 15 is 0 Å². The Hall–Kier alpha value is -2.05. The lowest BCUT2D eigenvalue weighted by molar-refractivity contribution is -0.145. The van der Waals surface area contributed by atoms with Crippen molar-refractivity contribution in [1.82, 2.24) is 4.90 Å². The third kappa shape index (κ3) is 3.65. The molecular formula is C17H21NO5. The van der Waals surface area contributed by atoms with Gasteiger partial charge in [0, 0.05) is 13.1 Å². The van der Waals surface area contributed by atoms with E-state index in [-0.39, 0.29) is 6.79 Å². The van der Waals surface area contributed by atoms with Crippen LogP contribution in [0.5, 0.6) is 11.5 Å². The zero-order chi connectivity index (χ0) is 16.2. The highest BCUT2D eigenvalue weighted by Crippen LogP contribution is 2.32. The standard InChI is InChI=1S/C17H21NO5/c19-13(16(20)17(21)18-8-2-1-3-9-18)6-4-12-5-7-14-15(10-12)23-11-22-14/h4-7,10,13,16,19-20H,1-3,8-9,11H2/b6-4+. The molecule has 0 bridgehead atoms. The van der Waals surface area contributed by atoms with E-state index in [4.69, 9.17) is 9.47 Å². The van der Waals surface area contributed by atoms with Crippen LogP contribution < -0.4 is 9.47 Å². The van der Waals surface area contributed by atoms with E-state index < -0.39 is 18.1 Å². The Balaban J connectivity index is 1.61. The van der Waals surface area contributed by atoms with Gasteiger partial charge in [0.05, 0.1) is 0 Å². The minimum Gasteiger partial charge on any atom is -0.454 e. The molecule has 0 saturated carbocycles. The first-order chi connectivity index (χ1) is 11.1. The van der Waals surface area contributed by atoms with Gasteiger partial charge >= 0.3 is 0 Å². The Morgan fingerprint density at radius 2 is 1.87 bits per heavy atom. The number of carbonyl (C=O) groups excluding carboxylic acids is 1. The molecule has 1 aromatic carbocycles. The third-order valence-electron chi connectivity index (χ3n) is 4.13. The number of piperidine rings is 1. The fourth-order valence-corrected chi connectivity index (χ4v) is 2.78. The van der Waals surface area contributed by atoms with E-state index in [1.165, 1.54) is 6.08 Å². The number of hydrogen-bond donors (Lipinski definition) is 2. The van der Waals surface area contributed by atoms with Crippen molar-refractivity contribution in [3.8, 4) is 11.5 Å². The molecule has 6 nitrogen and oxygen atoms in total. The maximum atomic E-state index is 12.1. The summed E-state index contributed by atoms with van der Waals surface area (Å²) in [5, 5.41) is 20.1. The van der Waals surface area contributed by atoms with Crippen LogP contribution in [0.2, 0.25) is 0 Å². The molecule has 2 heterocycles. The first kappa shape index (κ1) is 15.8. The summed E-state index contributed by atoms with van der Waals surface area (Å²) in [7, 11) is 0. The van der Waals surface area contributed by atoms with Crippen LogP contribution in [0.15, 0.2) is 24.3 Å². The summed E-state index contributed by atoms with van der Waals surface area (Å²) in [5.41, 5.74) is 0.797. The Morgan fingerprint density at radius 1 is 1.13 bits per heavy atom. The molecule has 0 spiro atoms. The van der Waals surface area contributed by atoms with Crippen LogP contribution in [0.1, 0.15) is 24.8 Å². The number of aliphatic hydroxyl groups excluding tert-OH is 2. The van der Waals surface area contributed by atoms with Gasteiger partial charge in [-0.05, 0) is 37.0 Å². The molecule has 1 saturated heterocycles. The number of ether oxygens (including phenoxy) is 2. The molecular weight excluding hydrogens is 298 g/mol. The minimum absolute atomic E-state index is 0.203. The maximum absolute atomic E-state index is 12.1. The summed E-state index contributed by atoms with van der Waals surface area (Å²) in [6, 6.07) is 5.38. The van der Waals surface area contributed by atoms with Crippen LogP contribution >= 0.6 is 0 Å². The lowest BCUT2D eigenvalue weighted by Crippen LogP contribution is -2.46. The van der Waals surface area contributed by atoms with E-state index in [1.807, 2.05) is 6.07 Å². The highest BCUT2D eigenvalue weighted by Gasteiger charge is 2.28. The number of benzene rings is 1. The third-order valence-corrected chi connectivity index (χ3v) is 4.13.